The van der Waals surface area contributed by atoms with Crippen LogP contribution in [0.5, 0.6) is 17.2 Å². The molecule has 0 atom stereocenters. The van der Waals surface area contributed by atoms with Crippen molar-refractivity contribution < 1.29 is 19.0 Å². The standard InChI is InChI=1S/C21H22N4O4/c1-27-15-8-9-16(19(12-15)29-3)23-20-11-10-17(24-25-20)21(26)22-13-14-6-4-5-7-18(14)28-2/h4-12H,13H2,1-3H3,(H,22,26)(H,23,25). The van der Waals surface area contributed by atoms with Gasteiger partial charge in [0.15, 0.2) is 11.5 Å². The Balaban J connectivity index is 1.64. The van der Waals surface area contributed by atoms with Gasteiger partial charge in [0, 0.05) is 18.2 Å². The quantitative estimate of drug-likeness (QED) is 0.606. The zero-order valence-electron chi connectivity index (χ0n) is 16.4. The highest BCUT2D eigenvalue weighted by Crippen LogP contribution is 2.30. The zero-order valence-corrected chi connectivity index (χ0v) is 16.4. The molecule has 3 rings (SSSR count). The predicted molar refractivity (Wildman–Crippen MR) is 109 cm³/mol. The third-order valence-corrected chi connectivity index (χ3v) is 4.20. The van der Waals surface area contributed by atoms with Gasteiger partial charge in [0.25, 0.3) is 5.91 Å². The highest BCUT2D eigenvalue weighted by atomic mass is 16.5. The number of hydrogen-bond acceptors (Lipinski definition) is 7. The van der Waals surface area contributed by atoms with Crippen molar-refractivity contribution in [3.05, 3.63) is 65.9 Å². The molecule has 8 nitrogen and oxygen atoms in total. The number of para-hydroxylation sites is 1. The maximum absolute atomic E-state index is 12.3. The third-order valence-electron chi connectivity index (χ3n) is 4.20. The molecule has 0 aliphatic carbocycles. The van der Waals surface area contributed by atoms with E-state index in [9.17, 15) is 4.79 Å². The molecule has 0 saturated carbocycles. The molecule has 2 N–H and O–H groups in total. The van der Waals surface area contributed by atoms with E-state index in [1.807, 2.05) is 30.3 Å². The number of benzene rings is 2. The molecule has 0 saturated heterocycles. The minimum Gasteiger partial charge on any atom is -0.497 e. The van der Waals surface area contributed by atoms with Gasteiger partial charge < -0.3 is 24.8 Å². The number of nitrogens with zero attached hydrogens (tertiary/aromatic N) is 2. The Morgan fingerprint density at radius 2 is 1.69 bits per heavy atom. The average molecular weight is 394 g/mol. The van der Waals surface area contributed by atoms with Crippen LogP contribution in [0.15, 0.2) is 54.6 Å². The Kier molecular flexibility index (Phi) is 6.47. The SMILES string of the molecule is COc1ccc(Nc2ccc(C(=O)NCc3ccccc3OC)nn2)c(OC)c1. The number of carbonyl (C=O) groups is 1. The molecular weight excluding hydrogens is 372 g/mol. The first kappa shape index (κ1) is 19.9. The van der Waals surface area contributed by atoms with Gasteiger partial charge in [0.05, 0.1) is 27.0 Å². The van der Waals surface area contributed by atoms with Gasteiger partial charge in [-0.2, -0.15) is 0 Å². The van der Waals surface area contributed by atoms with Gasteiger partial charge in [-0.3, -0.25) is 4.79 Å². The highest BCUT2D eigenvalue weighted by molar-refractivity contribution is 5.92. The van der Waals surface area contributed by atoms with E-state index in [-0.39, 0.29) is 11.6 Å². The van der Waals surface area contributed by atoms with E-state index >= 15 is 0 Å². The third kappa shape index (κ3) is 4.92. The Labute approximate surface area is 168 Å². The number of amides is 1. The van der Waals surface area contributed by atoms with Crippen LogP contribution < -0.4 is 24.8 Å². The number of rotatable bonds is 8. The van der Waals surface area contributed by atoms with Crippen molar-refractivity contribution in [3.63, 3.8) is 0 Å². The van der Waals surface area contributed by atoms with Gasteiger partial charge in [-0.25, -0.2) is 0 Å². The van der Waals surface area contributed by atoms with Crippen molar-refractivity contribution in [1.82, 2.24) is 15.5 Å². The molecule has 2 aromatic carbocycles. The highest BCUT2D eigenvalue weighted by Gasteiger charge is 2.11. The summed E-state index contributed by atoms with van der Waals surface area (Å²) in [6.07, 6.45) is 0. The number of anilines is 2. The van der Waals surface area contributed by atoms with E-state index in [1.165, 1.54) is 0 Å². The average Bonchev–Trinajstić information content (AvgIpc) is 2.78. The van der Waals surface area contributed by atoms with Crippen molar-refractivity contribution >= 4 is 17.4 Å². The van der Waals surface area contributed by atoms with Crippen LogP contribution in [0.4, 0.5) is 11.5 Å². The maximum Gasteiger partial charge on any atom is 0.272 e. The molecule has 8 heteroatoms. The largest absolute Gasteiger partial charge is 0.497 e. The molecule has 29 heavy (non-hydrogen) atoms. The second-order valence-corrected chi connectivity index (χ2v) is 5.99. The summed E-state index contributed by atoms with van der Waals surface area (Å²) < 4.78 is 15.8. The molecular formula is C21H22N4O4. The molecule has 0 fully saturated rings. The maximum atomic E-state index is 12.3. The summed E-state index contributed by atoms with van der Waals surface area (Å²) in [5.74, 6) is 2.16. The number of hydrogen-bond donors (Lipinski definition) is 2. The number of methoxy groups -OCH3 is 3. The fraction of sp³-hybridized carbons (Fsp3) is 0.190. The Morgan fingerprint density at radius 1 is 0.897 bits per heavy atom. The van der Waals surface area contributed by atoms with Crippen LogP contribution in [0.25, 0.3) is 0 Å². The number of ether oxygens (including phenoxy) is 3. The molecule has 0 spiro atoms. The summed E-state index contributed by atoms with van der Waals surface area (Å²) in [4.78, 5) is 12.3. The lowest BCUT2D eigenvalue weighted by Crippen LogP contribution is -2.24. The summed E-state index contributed by atoms with van der Waals surface area (Å²) in [5, 5.41) is 14.0. The van der Waals surface area contributed by atoms with Crippen LogP contribution in [0.2, 0.25) is 0 Å². The molecule has 3 aromatic rings. The summed E-state index contributed by atoms with van der Waals surface area (Å²) in [5.41, 5.74) is 1.80. The minimum absolute atomic E-state index is 0.215. The first-order chi connectivity index (χ1) is 14.1. The van der Waals surface area contributed by atoms with Gasteiger partial charge >= 0.3 is 0 Å². The van der Waals surface area contributed by atoms with Crippen molar-refractivity contribution in [3.8, 4) is 17.2 Å². The van der Waals surface area contributed by atoms with Gasteiger partial charge in [0.2, 0.25) is 0 Å². The molecule has 150 valence electrons. The van der Waals surface area contributed by atoms with Crippen molar-refractivity contribution in [2.45, 2.75) is 6.54 Å². The monoisotopic (exact) mass is 394 g/mol. The van der Waals surface area contributed by atoms with Crippen LogP contribution >= 0.6 is 0 Å². The summed E-state index contributed by atoms with van der Waals surface area (Å²) in [7, 11) is 4.75. The van der Waals surface area contributed by atoms with Gasteiger partial charge in [-0.1, -0.05) is 18.2 Å². The second kappa shape index (κ2) is 9.41. The molecule has 0 unspecified atom stereocenters. The van der Waals surface area contributed by atoms with Crippen LogP contribution in [0.1, 0.15) is 16.1 Å². The van der Waals surface area contributed by atoms with Gasteiger partial charge in [0.1, 0.15) is 17.2 Å². The van der Waals surface area contributed by atoms with Crippen LogP contribution in [0.3, 0.4) is 0 Å². The smallest absolute Gasteiger partial charge is 0.272 e. The van der Waals surface area contributed by atoms with Crippen molar-refractivity contribution in [1.29, 1.82) is 0 Å². The topological polar surface area (TPSA) is 94.6 Å². The molecule has 1 aromatic heterocycles. The summed E-state index contributed by atoms with van der Waals surface area (Å²) in [6, 6.07) is 16.1. The Hall–Kier alpha value is -3.81. The fourth-order valence-electron chi connectivity index (χ4n) is 2.67. The van der Waals surface area contributed by atoms with E-state index < -0.39 is 0 Å². The lowest BCUT2D eigenvalue weighted by atomic mass is 10.2. The van der Waals surface area contributed by atoms with E-state index in [1.54, 1.807) is 45.6 Å². The minimum atomic E-state index is -0.322. The van der Waals surface area contributed by atoms with Crippen LogP contribution in [-0.4, -0.2) is 37.4 Å². The predicted octanol–water partition coefficient (Wildman–Crippen LogP) is 3.18. The van der Waals surface area contributed by atoms with Crippen molar-refractivity contribution in [2.24, 2.45) is 0 Å². The van der Waals surface area contributed by atoms with Gasteiger partial charge in [-0.15, -0.1) is 10.2 Å². The van der Waals surface area contributed by atoms with Gasteiger partial charge in [-0.05, 0) is 30.3 Å². The fourth-order valence-corrected chi connectivity index (χ4v) is 2.67. The molecule has 0 radical (unpaired) electrons. The number of carbonyl (C=O) groups excluding carboxylic acids is 1. The zero-order chi connectivity index (χ0) is 20.6. The summed E-state index contributed by atoms with van der Waals surface area (Å²) in [6.45, 7) is 0.327. The first-order valence-corrected chi connectivity index (χ1v) is 8.87. The Bertz CT molecular complexity index is 977. The molecule has 1 heterocycles. The second-order valence-electron chi connectivity index (χ2n) is 5.99. The lowest BCUT2D eigenvalue weighted by Gasteiger charge is -2.12. The molecule has 0 aliphatic heterocycles. The first-order valence-electron chi connectivity index (χ1n) is 8.87. The summed E-state index contributed by atoms with van der Waals surface area (Å²) >= 11 is 0. The van der Waals surface area contributed by atoms with Crippen LogP contribution in [0, 0.1) is 0 Å². The molecule has 0 bridgehead atoms. The van der Waals surface area contributed by atoms with E-state index in [0.29, 0.717) is 35.3 Å². The lowest BCUT2D eigenvalue weighted by molar-refractivity contribution is 0.0944. The van der Waals surface area contributed by atoms with E-state index in [0.717, 1.165) is 5.56 Å². The van der Waals surface area contributed by atoms with E-state index in [4.69, 9.17) is 14.2 Å². The normalized spacial score (nSPS) is 10.2. The number of aromatic nitrogens is 2. The molecule has 1 amide bonds. The Morgan fingerprint density at radius 3 is 2.38 bits per heavy atom. The van der Waals surface area contributed by atoms with Crippen LogP contribution in [-0.2, 0) is 6.54 Å². The van der Waals surface area contributed by atoms with E-state index in [2.05, 4.69) is 20.8 Å². The van der Waals surface area contributed by atoms with Crippen molar-refractivity contribution in [2.75, 3.05) is 26.6 Å². The molecule has 0 aliphatic rings. The number of nitrogens with one attached hydrogen (secondary N) is 2.